The SMILES string of the molecule is C=CCS(=O)(=O)N[C@@H]1CC(=O)N(C2CCCCCC2)C1. The first-order chi connectivity index (χ1) is 9.52. The molecule has 2 fully saturated rings. The van der Waals surface area contributed by atoms with Crippen molar-refractivity contribution in [2.24, 2.45) is 0 Å². The highest BCUT2D eigenvalue weighted by Crippen LogP contribution is 2.26. The van der Waals surface area contributed by atoms with Crippen molar-refractivity contribution in [1.29, 1.82) is 0 Å². The summed E-state index contributed by atoms with van der Waals surface area (Å²) in [6.07, 6.45) is 8.58. The normalized spacial score (nSPS) is 25.7. The second kappa shape index (κ2) is 6.72. The summed E-state index contributed by atoms with van der Waals surface area (Å²) >= 11 is 0. The molecule has 1 saturated carbocycles. The number of hydrogen-bond acceptors (Lipinski definition) is 3. The molecule has 1 N–H and O–H groups in total. The van der Waals surface area contributed by atoms with Gasteiger partial charge in [0.15, 0.2) is 0 Å². The number of carbonyl (C=O) groups excluding carboxylic acids is 1. The number of hydrogen-bond donors (Lipinski definition) is 1. The van der Waals surface area contributed by atoms with Crippen LogP contribution >= 0.6 is 0 Å². The van der Waals surface area contributed by atoms with Gasteiger partial charge in [0.2, 0.25) is 15.9 Å². The maximum Gasteiger partial charge on any atom is 0.224 e. The Morgan fingerprint density at radius 3 is 2.50 bits per heavy atom. The molecule has 1 amide bonds. The van der Waals surface area contributed by atoms with E-state index in [0.29, 0.717) is 12.6 Å². The summed E-state index contributed by atoms with van der Waals surface area (Å²) in [5.41, 5.74) is 0. The Labute approximate surface area is 121 Å². The van der Waals surface area contributed by atoms with Crippen LogP contribution in [-0.2, 0) is 14.8 Å². The van der Waals surface area contributed by atoms with Crippen LogP contribution in [0.3, 0.4) is 0 Å². The lowest BCUT2D eigenvalue weighted by atomic mass is 10.1. The maximum atomic E-state index is 12.1. The predicted octanol–water partition coefficient (Wildman–Crippen LogP) is 1.42. The van der Waals surface area contributed by atoms with Gasteiger partial charge in [-0.05, 0) is 12.8 Å². The first-order valence-electron chi connectivity index (χ1n) is 7.42. The van der Waals surface area contributed by atoms with Crippen LogP contribution in [-0.4, -0.2) is 43.6 Å². The molecular formula is C14H24N2O3S. The van der Waals surface area contributed by atoms with Crippen LogP contribution in [0.1, 0.15) is 44.9 Å². The number of nitrogens with one attached hydrogen (secondary N) is 1. The molecule has 0 radical (unpaired) electrons. The predicted molar refractivity (Wildman–Crippen MR) is 78.7 cm³/mol. The molecule has 5 nitrogen and oxygen atoms in total. The Hall–Kier alpha value is -0.880. The van der Waals surface area contributed by atoms with Gasteiger partial charge < -0.3 is 4.90 Å². The molecule has 2 rings (SSSR count). The number of amides is 1. The monoisotopic (exact) mass is 300 g/mol. The van der Waals surface area contributed by atoms with E-state index >= 15 is 0 Å². The van der Waals surface area contributed by atoms with Gasteiger partial charge in [0.05, 0.1) is 5.75 Å². The minimum Gasteiger partial charge on any atom is -0.338 e. The van der Waals surface area contributed by atoms with Gasteiger partial charge in [-0.25, -0.2) is 13.1 Å². The van der Waals surface area contributed by atoms with E-state index in [9.17, 15) is 13.2 Å². The molecule has 0 unspecified atom stereocenters. The van der Waals surface area contributed by atoms with E-state index in [1.54, 1.807) is 0 Å². The highest BCUT2D eigenvalue weighted by atomic mass is 32.2. The Kier molecular flexibility index (Phi) is 5.21. The highest BCUT2D eigenvalue weighted by Gasteiger charge is 2.35. The molecule has 0 aromatic carbocycles. The fourth-order valence-electron chi connectivity index (χ4n) is 3.19. The second-order valence-corrected chi connectivity index (χ2v) is 7.58. The third kappa shape index (κ3) is 4.06. The van der Waals surface area contributed by atoms with Crippen molar-refractivity contribution in [3.8, 4) is 0 Å². The third-order valence-electron chi connectivity index (χ3n) is 4.11. The van der Waals surface area contributed by atoms with Crippen LogP contribution in [0.4, 0.5) is 0 Å². The lowest BCUT2D eigenvalue weighted by molar-refractivity contribution is -0.129. The molecule has 1 aliphatic carbocycles. The lowest BCUT2D eigenvalue weighted by Gasteiger charge is -2.27. The van der Waals surface area contributed by atoms with E-state index in [4.69, 9.17) is 0 Å². The van der Waals surface area contributed by atoms with Crippen LogP contribution in [0.15, 0.2) is 12.7 Å². The molecule has 0 spiro atoms. The Balaban J connectivity index is 1.94. The zero-order valence-corrected chi connectivity index (χ0v) is 12.7. The Morgan fingerprint density at radius 2 is 1.90 bits per heavy atom. The summed E-state index contributed by atoms with van der Waals surface area (Å²) in [6, 6.07) is 0.0228. The van der Waals surface area contributed by atoms with E-state index in [1.165, 1.54) is 31.8 Å². The molecule has 1 atom stereocenters. The molecule has 1 heterocycles. The van der Waals surface area contributed by atoms with E-state index in [2.05, 4.69) is 11.3 Å². The van der Waals surface area contributed by atoms with Gasteiger partial charge in [0, 0.05) is 25.0 Å². The van der Waals surface area contributed by atoms with Crippen molar-refractivity contribution in [3.63, 3.8) is 0 Å². The van der Waals surface area contributed by atoms with Crippen LogP contribution in [0.25, 0.3) is 0 Å². The smallest absolute Gasteiger partial charge is 0.224 e. The largest absolute Gasteiger partial charge is 0.338 e. The standard InChI is InChI=1S/C14H24N2O3S/c1-2-9-20(18,19)15-12-10-14(17)16(11-12)13-7-5-3-4-6-8-13/h2,12-13,15H,1,3-11H2/t12-/m1/s1. The molecule has 1 aliphatic heterocycles. The van der Waals surface area contributed by atoms with Gasteiger partial charge in [-0.2, -0.15) is 0 Å². The summed E-state index contributed by atoms with van der Waals surface area (Å²) < 4.78 is 26.0. The van der Waals surface area contributed by atoms with E-state index < -0.39 is 10.0 Å². The first kappa shape index (κ1) is 15.5. The van der Waals surface area contributed by atoms with Crippen LogP contribution in [0, 0.1) is 0 Å². The summed E-state index contributed by atoms with van der Waals surface area (Å²) in [5.74, 6) is -0.00981. The molecule has 0 aromatic rings. The van der Waals surface area contributed by atoms with Crippen molar-refractivity contribution in [3.05, 3.63) is 12.7 Å². The fraction of sp³-hybridized carbons (Fsp3) is 0.786. The van der Waals surface area contributed by atoms with Crippen molar-refractivity contribution in [2.45, 2.75) is 57.0 Å². The van der Waals surface area contributed by atoms with Gasteiger partial charge in [-0.15, -0.1) is 6.58 Å². The highest BCUT2D eigenvalue weighted by molar-refractivity contribution is 7.89. The summed E-state index contributed by atoms with van der Waals surface area (Å²) in [6.45, 7) is 3.95. The average Bonchev–Trinajstić information content (AvgIpc) is 2.59. The van der Waals surface area contributed by atoms with Gasteiger partial charge in [0.1, 0.15) is 0 Å². The number of rotatable bonds is 5. The molecule has 114 valence electrons. The quantitative estimate of drug-likeness (QED) is 0.617. The van der Waals surface area contributed by atoms with Crippen molar-refractivity contribution < 1.29 is 13.2 Å². The molecule has 2 aliphatic rings. The molecule has 6 heteroatoms. The van der Waals surface area contributed by atoms with Crippen LogP contribution < -0.4 is 4.72 Å². The number of carbonyl (C=O) groups is 1. The summed E-state index contributed by atoms with van der Waals surface area (Å²) in [7, 11) is -3.35. The van der Waals surface area contributed by atoms with Gasteiger partial charge in [-0.1, -0.05) is 31.8 Å². The molecule has 20 heavy (non-hydrogen) atoms. The molecular weight excluding hydrogens is 276 g/mol. The third-order valence-corrected chi connectivity index (χ3v) is 5.47. The topological polar surface area (TPSA) is 66.5 Å². The second-order valence-electron chi connectivity index (χ2n) is 5.78. The summed E-state index contributed by atoms with van der Waals surface area (Å²) in [5, 5.41) is 0. The van der Waals surface area contributed by atoms with E-state index in [0.717, 1.165) is 12.8 Å². The van der Waals surface area contributed by atoms with Crippen molar-refractivity contribution in [1.82, 2.24) is 9.62 Å². The fourth-order valence-corrected chi connectivity index (χ4v) is 4.26. The molecule has 0 aromatic heterocycles. The number of sulfonamides is 1. The van der Waals surface area contributed by atoms with Crippen LogP contribution in [0.5, 0.6) is 0 Å². The Bertz CT molecular complexity index is 453. The van der Waals surface area contributed by atoms with Gasteiger partial charge >= 0.3 is 0 Å². The average molecular weight is 300 g/mol. The van der Waals surface area contributed by atoms with Gasteiger partial charge in [-0.3, -0.25) is 4.79 Å². The first-order valence-corrected chi connectivity index (χ1v) is 9.07. The molecule has 1 saturated heterocycles. The zero-order valence-electron chi connectivity index (χ0n) is 11.9. The van der Waals surface area contributed by atoms with Crippen molar-refractivity contribution >= 4 is 15.9 Å². The van der Waals surface area contributed by atoms with E-state index in [-0.39, 0.29) is 24.1 Å². The lowest BCUT2D eigenvalue weighted by Crippen LogP contribution is -2.41. The van der Waals surface area contributed by atoms with Crippen LogP contribution in [0.2, 0.25) is 0 Å². The summed E-state index contributed by atoms with van der Waals surface area (Å²) in [4.78, 5) is 14.0. The zero-order chi connectivity index (χ0) is 14.6. The minimum atomic E-state index is -3.35. The maximum absolute atomic E-state index is 12.1. The number of likely N-dealkylation sites (tertiary alicyclic amines) is 1. The van der Waals surface area contributed by atoms with Crippen molar-refractivity contribution in [2.75, 3.05) is 12.3 Å². The van der Waals surface area contributed by atoms with Gasteiger partial charge in [0.25, 0.3) is 0 Å². The number of nitrogens with zero attached hydrogens (tertiary/aromatic N) is 1. The molecule has 0 bridgehead atoms. The minimum absolute atomic E-state index is 0.0863. The van der Waals surface area contributed by atoms with E-state index in [1.807, 2.05) is 4.90 Å². The Morgan fingerprint density at radius 1 is 1.25 bits per heavy atom.